The monoisotopic (exact) mass is 416 g/mol. The molecule has 1 aromatic heterocycles. The number of aromatic nitrogens is 3. The second-order valence-corrected chi connectivity index (χ2v) is 7.94. The van der Waals surface area contributed by atoms with Gasteiger partial charge in [0.1, 0.15) is 5.82 Å². The fraction of sp³-hybridized carbons (Fsp3) is 0.250. The lowest BCUT2D eigenvalue weighted by Crippen LogP contribution is -2.36. The predicted molar refractivity (Wildman–Crippen MR) is 107 cm³/mol. The Morgan fingerprint density at radius 3 is 2.89 bits per heavy atom. The highest BCUT2D eigenvalue weighted by Gasteiger charge is 2.24. The zero-order valence-corrected chi connectivity index (χ0v) is 16.8. The van der Waals surface area contributed by atoms with Crippen molar-refractivity contribution in [1.82, 2.24) is 19.9 Å². The lowest BCUT2D eigenvalue weighted by atomic mass is 10.00. The Morgan fingerprint density at radius 1 is 1.25 bits per heavy atom. The third-order valence-electron chi connectivity index (χ3n) is 4.82. The van der Waals surface area contributed by atoms with E-state index in [1.54, 1.807) is 28.9 Å². The number of halogens is 2. The van der Waals surface area contributed by atoms with Crippen LogP contribution in [-0.4, -0.2) is 38.6 Å². The minimum Gasteiger partial charge on any atom is -0.333 e. The molecule has 0 bridgehead atoms. The standard InChI is InChI=1S/C20H18ClFN4OS/c1-28-17-5-3-14-10-25(7-6-13(14)8-17)20(27)19-12-26(24-23-19)11-15-2-4-16(22)9-18(15)21/h2-5,8-9,12H,6-7,10-11H2,1H3. The van der Waals surface area contributed by atoms with E-state index >= 15 is 0 Å². The van der Waals surface area contributed by atoms with E-state index < -0.39 is 5.82 Å². The summed E-state index contributed by atoms with van der Waals surface area (Å²) in [6, 6.07) is 10.6. The molecule has 5 nitrogen and oxygen atoms in total. The van der Waals surface area contributed by atoms with Gasteiger partial charge in [-0.2, -0.15) is 0 Å². The first-order chi connectivity index (χ1) is 13.5. The summed E-state index contributed by atoms with van der Waals surface area (Å²) in [7, 11) is 0. The Kier molecular flexibility index (Phi) is 5.37. The van der Waals surface area contributed by atoms with Gasteiger partial charge in [0.2, 0.25) is 0 Å². The summed E-state index contributed by atoms with van der Waals surface area (Å²) < 4.78 is 14.7. The molecule has 0 saturated heterocycles. The summed E-state index contributed by atoms with van der Waals surface area (Å²) in [5.41, 5.74) is 3.47. The van der Waals surface area contributed by atoms with Crippen molar-refractivity contribution >= 4 is 29.3 Å². The van der Waals surface area contributed by atoms with Crippen molar-refractivity contribution in [2.24, 2.45) is 0 Å². The van der Waals surface area contributed by atoms with Crippen molar-refractivity contribution in [1.29, 1.82) is 0 Å². The molecule has 0 spiro atoms. The van der Waals surface area contributed by atoms with Crippen LogP contribution in [0.15, 0.2) is 47.5 Å². The van der Waals surface area contributed by atoms with Crippen LogP contribution in [0.4, 0.5) is 4.39 Å². The van der Waals surface area contributed by atoms with Crippen LogP contribution in [0.5, 0.6) is 0 Å². The van der Waals surface area contributed by atoms with E-state index in [2.05, 4.69) is 34.8 Å². The molecule has 0 atom stereocenters. The Labute approximate surface area is 171 Å². The largest absolute Gasteiger partial charge is 0.333 e. The first kappa shape index (κ1) is 19.0. The van der Waals surface area contributed by atoms with Gasteiger partial charge in [-0.05, 0) is 53.6 Å². The van der Waals surface area contributed by atoms with E-state index in [0.29, 0.717) is 35.9 Å². The van der Waals surface area contributed by atoms with Crippen molar-refractivity contribution in [2.75, 3.05) is 12.8 Å². The molecule has 4 rings (SSSR count). The van der Waals surface area contributed by atoms with E-state index in [1.807, 2.05) is 0 Å². The second kappa shape index (κ2) is 7.93. The van der Waals surface area contributed by atoms with Gasteiger partial charge in [0.25, 0.3) is 5.91 Å². The molecule has 2 aromatic carbocycles. The highest BCUT2D eigenvalue weighted by Crippen LogP contribution is 2.25. The number of hydrogen-bond acceptors (Lipinski definition) is 4. The molecule has 0 saturated carbocycles. The molecule has 144 valence electrons. The number of hydrogen-bond donors (Lipinski definition) is 0. The number of amides is 1. The predicted octanol–water partition coefficient (Wildman–Crippen LogP) is 4.04. The van der Waals surface area contributed by atoms with E-state index in [-0.39, 0.29) is 5.91 Å². The summed E-state index contributed by atoms with van der Waals surface area (Å²) in [6.07, 6.45) is 4.49. The fourth-order valence-corrected chi connectivity index (χ4v) is 3.98. The first-order valence-corrected chi connectivity index (χ1v) is 10.4. The SMILES string of the molecule is CSc1ccc2c(c1)CCN(C(=O)c1cn(Cc3ccc(F)cc3Cl)nn1)C2. The second-order valence-electron chi connectivity index (χ2n) is 6.65. The molecule has 0 N–H and O–H groups in total. The van der Waals surface area contributed by atoms with E-state index in [4.69, 9.17) is 11.6 Å². The topological polar surface area (TPSA) is 51.0 Å². The molecule has 0 unspecified atom stereocenters. The van der Waals surface area contributed by atoms with Crippen LogP contribution < -0.4 is 0 Å². The molecule has 1 amide bonds. The van der Waals surface area contributed by atoms with Crippen molar-refractivity contribution in [3.05, 3.63) is 75.8 Å². The summed E-state index contributed by atoms with van der Waals surface area (Å²) in [4.78, 5) is 15.9. The maximum Gasteiger partial charge on any atom is 0.276 e. The van der Waals surface area contributed by atoms with Gasteiger partial charge in [-0.1, -0.05) is 28.9 Å². The van der Waals surface area contributed by atoms with E-state index in [1.165, 1.54) is 32.8 Å². The van der Waals surface area contributed by atoms with Crippen molar-refractivity contribution in [2.45, 2.75) is 24.4 Å². The van der Waals surface area contributed by atoms with Gasteiger partial charge >= 0.3 is 0 Å². The molecule has 1 aliphatic rings. The summed E-state index contributed by atoms with van der Waals surface area (Å²) >= 11 is 7.78. The number of carbonyl (C=O) groups is 1. The number of fused-ring (bicyclic) bond motifs is 1. The van der Waals surface area contributed by atoms with Crippen LogP contribution in [-0.2, 0) is 19.5 Å². The number of benzene rings is 2. The van der Waals surface area contributed by atoms with E-state index in [0.717, 1.165) is 6.42 Å². The molecule has 0 aliphatic carbocycles. The molecule has 2 heterocycles. The van der Waals surface area contributed by atoms with E-state index in [9.17, 15) is 9.18 Å². The third kappa shape index (κ3) is 3.91. The van der Waals surface area contributed by atoms with Crippen LogP contribution >= 0.6 is 23.4 Å². The lowest BCUT2D eigenvalue weighted by molar-refractivity contribution is 0.0728. The summed E-state index contributed by atoms with van der Waals surface area (Å²) in [6.45, 7) is 1.54. The normalized spacial score (nSPS) is 13.5. The number of rotatable bonds is 4. The Bertz CT molecular complexity index is 1040. The Hall–Kier alpha value is -2.38. The molecular weight excluding hydrogens is 399 g/mol. The first-order valence-electron chi connectivity index (χ1n) is 8.82. The Balaban J connectivity index is 1.47. The number of carbonyl (C=O) groups excluding carboxylic acids is 1. The van der Waals surface area contributed by atoms with Gasteiger partial charge in [-0.3, -0.25) is 4.79 Å². The van der Waals surface area contributed by atoms with Crippen molar-refractivity contribution in [3.63, 3.8) is 0 Å². The van der Waals surface area contributed by atoms with Crippen LogP contribution in [0.1, 0.15) is 27.2 Å². The zero-order valence-electron chi connectivity index (χ0n) is 15.2. The van der Waals surface area contributed by atoms with Crippen LogP contribution in [0.25, 0.3) is 0 Å². The summed E-state index contributed by atoms with van der Waals surface area (Å²) in [5.74, 6) is -0.533. The van der Waals surface area contributed by atoms with Crippen LogP contribution in [0.3, 0.4) is 0 Å². The average molecular weight is 417 g/mol. The van der Waals surface area contributed by atoms with Gasteiger partial charge in [0, 0.05) is 23.0 Å². The number of thioether (sulfide) groups is 1. The summed E-state index contributed by atoms with van der Waals surface area (Å²) in [5, 5.41) is 8.36. The maximum absolute atomic E-state index is 13.2. The maximum atomic E-state index is 13.2. The zero-order chi connectivity index (χ0) is 19.7. The van der Waals surface area contributed by atoms with Gasteiger partial charge in [0.05, 0.1) is 12.7 Å². The quantitative estimate of drug-likeness (QED) is 0.602. The number of nitrogens with zero attached hydrogens (tertiary/aromatic N) is 4. The molecule has 8 heteroatoms. The minimum absolute atomic E-state index is 0.143. The smallest absolute Gasteiger partial charge is 0.276 e. The van der Waals surface area contributed by atoms with Crippen molar-refractivity contribution < 1.29 is 9.18 Å². The van der Waals surface area contributed by atoms with Gasteiger partial charge < -0.3 is 4.90 Å². The minimum atomic E-state index is -0.391. The fourth-order valence-electron chi connectivity index (χ4n) is 3.29. The lowest BCUT2D eigenvalue weighted by Gasteiger charge is -2.28. The van der Waals surface area contributed by atoms with Crippen molar-refractivity contribution in [3.8, 4) is 0 Å². The van der Waals surface area contributed by atoms with Crippen LogP contribution in [0.2, 0.25) is 5.02 Å². The molecule has 0 fully saturated rings. The van der Waals surface area contributed by atoms with Gasteiger partial charge in [-0.15, -0.1) is 16.9 Å². The molecule has 3 aromatic rings. The van der Waals surface area contributed by atoms with Crippen LogP contribution in [0, 0.1) is 5.82 Å². The average Bonchev–Trinajstić information content (AvgIpc) is 3.17. The van der Waals surface area contributed by atoms with Gasteiger partial charge in [0.15, 0.2) is 5.69 Å². The third-order valence-corrected chi connectivity index (χ3v) is 5.90. The Morgan fingerprint density at radius 2 is 2.11 bits per heavy atom. The molecular formula is C20H18ClFN4OS. The highest BCUT2D eigenvalue weighted by atomic mass is 35.5. The van der Waals surface area contributed by atoms with Gasteiger partial charge in [-0.25, -0.2) is 9.07 Å². The highest BCUT2D eigenvalue weighted by molar-refractivity contribution is 7.98. The molecule has 1 aliphatic heterocycles. The molecule has 0 radical (unpaired) electrons. The molecule has 28 heavy (non-hydrogen) atoms.